The first kappa shape index (κ1) is 16.0. The molecule has 1 atom stereocenters. The van der Waals surface area contributed by atoms with Crippen LogP contribution in [0.15, 0.2) is 29.3 Å². The van der Waals surface area contributed by atoms with E-state index in [2.05, 4.69) is 32.7 Å². The summed E-state index contributed by atoms with van der Waals surface area (Å²) >= 11 is 0. The number of ether oxygens (including phenoxy) is 1. The lowest BCUT2D eigenvalue weighted by atomic mass is 10.1. The first-order chi connectivity index (χ1) is 11.3. The molecule has 1 aromatic carbocycles. The fraction of sp³-hybridized carbons (Fsp3) is 0.611. The predicted molar refractivity (Wildman–Crippen MR) is 95.4 cm³/mol. The number of anilines is 1. The fourth-order valence-corrected chi connectivity index (χ4v) is 3.13. The summed E-state index contributed by atoms with van der Waals surface area (Å²) in [6, 6.07) is 8.27. The third-order valence-corrected chi connectivity index (χ3v) is 4.75. The Bertz CT molecular complexity index is 542. The zero-order valence-electron chi connectivity index (χ0n) is 14.2. The van der Waals surface area contributed by atoms with Gasteiger partial charge < -0.3 is 20.3 Å². The van der Waals surface area contributed by atoms with E-state index in [1.54, 1.807) is 7.11 Å². The molecule has 1 heterocycles. The molecule has 23 heavy (non-hydrogen) atoms. The van der Waals surface area contributed by atoms with Gasteiger partial charge in [0.25, 0.3) is 0 Å². The number of aliphatic imine (C=N–C) groups is 1. The van der Waals surface area contributed by atoms with Crippen molar-refractivity contribution in [3.63, 3.8) is 0 Å². The number of nitrogens with zero attached hydrogens (tertiary/aromatic N) is 2. The van der Waals surface area contributed by atoms with E-state index in [1.807, 2.05) is 19.2 Å². The summed E-state index contributed by atoms with van der Waals surface area (Å²) in [5, 5.41) is 6.90. The maximum Gasteiger partial charge on any atom is 0.190 e. The van der Waals surface area contributed by atoms with E-state index in [4.69, 9.17) is 4.74 Å². The number of methoxy groups -OCH3 is 1. The lowest BCUT2D eigenvalue weighted by molar-refractivity contribution is 0.414. The van der Waals surface area contributed by atoms with Gasteiger partial charge in [0, 0.05) is 33.2 Å². The summed E-state index contributed by atoms with van der Waals surface area (Å²) in [6.07, 6.45) is 3.92. The monoisotopic (exact) mass is 316 g/mol. The van der Waals surface area contributed by atoms with E-state index in [0.717, 1.165) is 43.8 Å². The van der Waals surface area contributed by atoms with E-state index in [-0.39, 0.29) is 0 Å². The minimum Gasteiger partial charge on any atom is -0.495 e. The standard InChI is InChI=1S/C18H28N4O/c1-19-18(20-11-14-7-8-14)21-12-15-9-10-22(13-15)16-5-3-4-6-17(16)23-2/h3-6,14-15H,7-13H2,1-2H3,(H2,19,20,21). The molecule has 0 aromatic heterocycles. The summed E-state index contributed by atoms with van der Waals surface area (Å²) in [5.74, 6) is 3.40. The molecule has 0 spiro atoms. The molecule has 1 aliphatic heterocycles. The van der Waals surface area contributed by atoms with Crippen LogP contribution in [0.2, 0.25) is 0 Å². The van der Waals surface area contributed by atoms with E-state index in [1.165, 1.54) is 24.9 Å². The third kappa shape index (κ3) is 4.30. The van der Waals surface area contributed by atoms with Crippen LogP contribution in [-0.4, -0.2) is 46.3 Å². The van der Waals surface area contributed by atoms with E-state index < -0.39 is 0 Å². The van der Waals surface area contributed by atoms with Crippen molar-refractivity contribution in [2.24, 2.45) is 16.8 Å². The zero-order valence-corrected chi connectivity index (χ0v) is 14.2. The average Bonchev–Trinajstić information content (AvgIpc) is 3.31. The zero-order chi connectivity index (χ0) is 16.1. The van der Waals surface area contributed by atoms with E-state index in [9.17, 15) is 0 Å². The van der Waals surface area contributed by atoms with Gasteiger partial charge in [-0.15, -0.1) is 0 Å². The van der Waals surface area contributed by atoms with Crippen LogP contribution in [0.5, 0.6) is 5.75 Å². The van der Waals surface area contributed by atoms with Gasteiger partial charge in [-0.2, -0.15) is 0 Å². The molecule has 5 heteroatoms. The Kier molecular flexibility index (Phi) is 5.26. The predicted octanol–water partition coefficient (Wildman–Crippen LogP) is 2.10. The highest BCUT2D eigenvalue weighted by atomic mass is 16.5. The SMILES string of the molecule is CN=C(NCC1CC1)NCC1CCN(c2ccccc2OC)C1. The van der Waals surface area contributed by atoms with Gasteiger partial charge in [-0.05, 0) is 43.2 Å². The molecule has 2 fully saturated rings. The van der Waals surface area contributed by atoms with Crippen molar-refractivity contribution in [2.75, 3.05) is 45.2 Å². The molecule has 5 nitrogen and oxygen atoms in total. The smallest absolute Gasteiger partial charge is 0.190 e. The van der Waals surface area contributed by atoms with E-state index in [0.29, 0.717) is 5.92 Å². The fourth-order valence-electron chi connectivity index (χ4n) is 3.13. The molecule has 2 aliphatic rings. The molecular weight excluding hydrogens is 288 g/mol. The van der Waals surface area contributed by atoms with Crippen molar-refractivity contribution in [3.8, 4) is 5.75 Å². The lowest BCUT2D eigenvalue weighted by Gasteiger charge is -2.21. The Morgan fingerprint density at radius 1 is 1.17 bits per heavy atom. The molecule has 0 bridgehead atoms. The van der Waals surface area contributed by atoms with Crippen molar-refractivity contribution >= 4 is 11.6 Å². The van der Waals surface area contributed by atoms with Crippen LogP contribution in [0.1, 0.15) is 19.3 Å². The van der Waals surface area contributed by atoms with Crippen molar-refractivity contribution in [1.29, 1.82) is 0 Å². The Morgan fingerprint density at radius 2 is 1.91 bits per heavy atom. The normalized spacial score (nSPS) is 21.4. The molecule has 1 aromatic rings. The van der Waals surface area contributed by atoms with Crippen LogP contribution in [-0.2, 0) is 0 Å². The Morgan fingerprint density at radius 3 is 2.61 bits per heavy atom. The van der Waals surface area contributed by atoms with Crippen LogP contribution < -0.4 is 20.3 Å². The second-order valence-corrected chi connectivity index (χ2v) is 6.55. The Balaban J connectivity index is 1.47. The highest BCUT2D eigenvalue weighted by molar-refractivity contribution is 5.79. The van der Waals surface area contributed by atoms with Gasteiger partial charge in [-0.25, -0.2) is 0 Å². The van der Waals surface area contributed by atoms with Gasteiger partial charge in [0.1, 0.15) is 5.75 Å². The van der Waals surface area contributed by atoms with Gasteiger partial charge in [-0.1, -0.05) is 12.1 Å². The second-order valence-electron chi connectivity index (χ2n) is 6.55. The molecule has 1 saturated heterocycles. The first-order valence-corrected chi connectivity index (χ1v) is 8.62. The molecule has 3 rings (SSSR count). The Labute approximate surface area is 139 Å². The van der Waals surface area contributed by atoms with Gasteiger partial charge in [0.05, 0.1) is 12.8 Å². The molecule has 126 valence electrons. The summed E-state index contributed by atoms with van der Waals surface area (Å²) in [4.78, 5) is 6.74. The van der Waals surface area contributed by atoms with Gasteiger partial charge >= 0.3 is 0 Å². The van der Waals surface area contributed by atoms with Crippen LogP contribution in [0.25, 0.3) is 0 Å². The average molecular weight is 316 g/mol. The largest absolute Gasteiger partial charge is 0.495 e. The first-order valence-electron chi connectivity index (χ1n) is 8.62. The number of rotatable bonds is 6. The summed E-state index contributed by atoms with van der Waals surface area (Å²) in [7, 11) is 3.58. The molecule has 0 amide bonds. The van der Waals surface area contributed by atoms with E-state index >= 15 is 0 Å². The molecule has 0 radical (unpaired) electrons. The summed E-state index contributed by atoms with van der Waals surface area (Å²) < 4.78 is 5.48. The number of hydrogen-bond acceptors (Lipinski definition) is 3. The molecular formula is C18H28N4O. The molecule has 1 aliphatic carbocycles. The van der Waals surface area contributed by atoms with Gasteiger partial charge in [-0.3, -0.25) is 4.99 Å². The van der Waals surface area contributed by atoms with Gasteiger partial charge in [0.2, 0.25) is 0 Å². The highest BCUT2D eigenvalue weighted by Gasteiger charge is 2.25. The van der Waals surface area contributed by atoms with Crippen LogP contribution in [0.3, 0.4) is 0 Å². The summed E-state index contributed by atoms with van der Waals surface area (Å²) in [6.45, 7) is 4.17. The lowest BCUT2D eigenvalue weighted by Crippen LogP contribution is -2.41. The minimum absolute atomic E-state index is 0.638. The van der Waals surface area contributed by atoms with Crippen LogP contribution >= 0.6 is 0 Å². The topological polar surface area (TPSA) is 48.9 Å². The van der Waals surface area contributed by atoms with Crippen molar-refractivity contribution < 1.29 is 4.74 Å². The minimum atomic E-state index is 0.638. The maximum atomic E-state index is 5.48. The quantitative estimate of drug-likeness (QED) is 0.623. The highest BCUT2D eigenvalue weighted by Crippen LogP contribution is 2.31. The number of hydrogen-bond donors (Lipinski definition) is 2. The maximum absolute atomic E-state index is 5.48. The van der Waals surface area contributed by atoms with Crippen LogP contribution in [0, 0.1) is 11.8 Å². The molecule has 2 N–H and O–H groups in total. The second kappa shape index (κ2) is 7.57. The Hall–Kier alpha value is -1.91. The number of benzene rings is 1. The van der Waals surface area contributed by atoms with Crippen molar-refractivity contribution in [1.82, 2.24) is 10.6 Å². The number of para-hydroxylation sites is 2. The molecule has 1 saturated carbocycles. The van der Waals surface area contributed by atoms with Crippen LogP contribution in [0.4, 0.5) is 5.69 Å². The molecule has 1 unspecified atom stereocenters. The van der Waals surface area contributed by atoms with Gasteiger partial charge in [0.15, 0.2) is 5.96 Å². The van der Waals surface area contributed by atoms with Crippen molar-refractivity contribution in [3.05, 3.63) is 24.3 Å². The summed E-state index contributed by atoms with van der Waals surface area (Å²) in [5.41, 5.74) is 1.20. The number of guanidine groups is 1. The number of nitrogens with one attached hydrogen (secondary N) is 2. The van der Waals surface area contributed by atoms with Crippen molar-refractivity contribution in [2.45, 2.75) is 19.3 Å². The third-order valence-electron chi connectivity index (χ3n) is 4.75.